The molecule has 8 heterocycles. The highest BCUT2D eigenvalue weighted by atomic mass is 32.1. The summed E-state index contributed by atoms with van der Waals surface area (Å²) in [5.74, 6) is 0. The van der Waals surface area contributed by atoms with Gasteiger partial charge in [-0.25, -0.2) is 24.5 Å². The number of aromatic amines is 1. The molecule has 0 amide bonds. The molecule has 1 aliphatic rings. The molecular formula is C67H85N11S. The van der Waals surface area contributed by atoms with Crippen LogP contribution in [0.1, 0.15) is 169 Å². The Labute approximate surface area is 473 Å². The summed E-state index contributed by atoms with van der Waals surface area (Å²) in [6.07, 6.45) is 15.2. The van der Waals surface area contributed by atoms with Gasteiger partial charge in [-0.1, -0.05) is 173 Å². The molecule has 11 aromatic rings. The monoisotopic (exact) mass is 1080 g/mol. The number of rotatable bonds is 0. The first-order valence-corrected chi connectivity index (χ1v) is 28.3. The van der Waals surface area contributed by atoms with Crippen molar-refractivity contribution in [2.45, 2.75) is 164 Å². The van der Waals surface area contributed by atoms with Crippen LogP contribution in [0.4, 0.5) is 0 Å². The van der Waals surface area contributed by atoms with E-state index in [-0.39, 0.29) is 32.5 Å². The third-order valence-electron chi connectivity index (χ3n) is 14.0. The van der Waals surface area contributed by atoms with Gasteiger partial charge in [-0.2, -0.15) is 10.2 Å². The van der Waals surface area contributed by atoms with E-state index in [4.69, 9.17) is 0 Å². The standard InChI is InChI=1S/C12H16N2.C12H15N.2C11H14N2.C11H13NS.C10H13N3/c1-12(2,3)9-5-6-10-11(7-9)14(4)8-13-10;1-12(2,3)11-5-4-9-7-13-8-10(9)6-11;1-11(2,3)9-5-4-8-7-12-13-10(8)6-9;1-11(2,3)9-4-5-10-12-6-7-13(10)8-9;1-11(2,3)8-4-5-9-10(6-8)13-7-12-9;1-10(2,3)8-4-5-9-11-7-12-13(9)6-8/h5-8H,1-4H3;4-6,8H,7H2,1-3H3;4-7H,1-3H3,(H,12,13);4-8H,1-3H3;2*4-7H,1-3H3. The lowest BCUT2D eigenvalue weighted by Gasteiger charge is -2.19. The number of thiazole rings is 1. The van der Waals surface area contributed by atoms with Crippen molar-refractivity contribution in [1.82, 2.24) is 48.7 Å². The predicted molar refractivity (Wildman–Crippen MR) is 335 cm³/mol. The topological polar surface area (TPSA) is 119 Å². The van der Waals surface area contributed by atoms with Gasteiger partial charge in [0.05, 0.1) is 51.3 Å². The number of imidazole rings is 2. The molecule has 0 spiro atoms. The van der Waals surface area contributed by atoms with Gasteiger partial charge in [0.15, 0.2) is 5.65 Å². The maximum absolute atomic E-state index is 4.30. The number of pyridine rings is 2. The van der Waals surface area contributed by atoms with E-state index in [1.807, 2.05) is 56.0 Å². The maximum atomic E-state index is 4.30. The molecule has 414 valence electrons. The molecule has 0 saturated heterocycles. The summed E-state index contributed by atoms with van der Waals surface area (Å²) < 4.78 is 7.21. The van der Waals surface area contributed by atoms with Crippen LogP contribution in [-0.2, 0) is 46.1 Å². The number of aliphatic imine (C=N–C) groups is 1. The average Bonchev–Trinajstić information content (AvgIpc) is 4.30. The van der Waals surface area contributed by atoms with Crippen LogP contribution in [0.25, 0.3) is 43.4 Å². The first-order chi connectivity index (χ1) is 36.8. The lowest BCUT2D eigenvalue weighted by molar-refractivity contribution is 0.584. The van der Waals surface area contributed by atoms with Crippen molar-refractivity contribution < 1.29 is 0 Å². The van der Waals surface area contributed by atoms with E-state index in [0.717, 1.165) is 34.4 Å². The van der Waals surface area contributed by atoms with Crippen LogP contribution in [-0.4, -0.2) is 54.9 Å². The van der Waals surface area contributed by atoms with E-state index >= 15 is 0 Å². The lowest BCUT2D eigenvalue weighted by Crippen LogP contribution is -2.12. The van der Waals surface area contributed by atoms with Crippen molar-refractivity contribution in [2.24, 2.45) is 12.0 Å². The second-order valence-electron chi connectivity index (χ2n) is 26.7. The van der Waals surface area contributed by atoms with Crippen LogP contribution in [0.2, 0.25) is 0 Å². The van der Waals surface area contributed by atoms with Gasteiger partial charge in [-0.05, 0) is 126 Å². The highest BCUT2D eigenvalue weighted by Gasteiger charge is 2.19. The van der Waals surface area contributed by atoms with Gasteiger partial charge in [0.25, 0.3) is 0 Å². The van der Waals surface area contributed by atoms with Gasteiger partial charge in [0.2, 0.25) is 0 Å². The van der Waals surface area contributed by atoms with Crippen LogP contribution in [0.5, 0.6) is 0 Å². The predicted octanol–water partition coefficient (Wildman–Crippen LogP) is 16.9. The summed E-state index contributed by atoms with van der Waals surface area (Å²) in [4.78, 5) is 21.1. The second kappa shape index (κ2) is 23.6. The smallest absolute Gasteiger partial charge is 0.155 e. The van der Waals surface area contributed by atoms with Crippen LogP contribution in [0.3, 0.4) is 0 Å². The van der Waals surface area contributed by atoms with E-state index in [2.05, 4.69) is 271 Å². The molecule has 0 radical (unpaired) electrons. The fourth-order valence-corrected chi connectivity index (χ4v) is 9.23. The minimum Gasteiger partial charge on any atom is -0.334 e. The maximum Gasteiger partial charge on any atom is 0.155 e. The fraction of sp³-hybridized carbons (Fsp3) is 0.388. The summed E-state index contributed by atoms with van der Waals surface area (Å²) >= 11 is 1.71. The van der Waals surface area contributed by atoms with Crippen molar-refractivity contribution in [3.8, 4) is 0 Å². The van der Waals surface area contributed by atoms with Gasteiger partial charge in [-0.3, -0.25) is 10.1 Å². The molecule has 4 aromatic carbocycles. The largest absolute Gasteiger partial charge is 0.334 e. The number of benzene rings is 4. The molecule has 0 unspecified atom stereocenters. The number of fused-ring (bicyclic) bond motifs is 6. The Morgan fingerprint density at radius 2 is 1.08 bits per heavy atom. The van der Waals surface area contributed by atoms with Crippen molar-refractivity contribution in [3.05, 3.63) is 191 Å². The minimum atomic E-state index is 0.167. The summed E-state index contributed by atoms with van der Waals surface area (Å²) in [7, 11) is 2.03. The molecule has 0 atom stereocenters. The normalized spacial score (nSPS) is 12.6. The molecule has 1 aliphatic heterocycles. The Bertz CT molecular complexity index is 3460. The number of H-pyrrole nitrogens is 1. The number of aryl methyl sites for hydroxylation is 1. The van der Waals surface area contributed by atoms with E-state index in [1.54, 1.807) is 22.2 Å². The molecule has 12 rings (SSSR count). The van der Waals surface area contributed by atoms with Gasteiger partial charge < -0.3 is 8.97 Å². The Morgan fingerprint density at radius 3 is 1.73 bits per heavy atom. The number of aromatic nitrogens is 10. The Hall–Kier alpha value is -7.31. The highest BCUT2D eigenvalue weighted by molar-refractivity contribution is 7.16. The van der Waals surface area contributed by atoms with Gasteiger partial charge in [0, 0.05) is 43.4 Å². The number of nitrogens with one attached hydrogen (secondary N) is 1. The number of nitrogens with zero attached hydrogens (tertiary/aromatic N) is 10. The van der Waals surface area contributed by atoms with Gasteiger partial charge in [-0.15, -0.1) is 11.3 Å². The van der Waals surface area contributed by atoms with E-state index in [9.17, 15) is 0 Å². The van der Waals surface area contributed by atoms with Crippen molar-refractivity contribution in [1.29, 1.82) is 0 Å². The number of hydrogen-bond donors (Lipinski definition) is 1. The first-order valence-electron chi connectivity index (χ1n) is 27.4. The summed E-state index contributed by atoms with van der Waals surface area (Å²) in [6, 6.07) is 34.4. The second-order valence-corrected chi connectivity index (χ2v) is 27.6. The number of hydrogen-bond acceptors (Lipinski definition) is 8. The molecule has 0 saturated carbocycles. The van der Waals surface area contributed by atoms with E-state index in [0.29, 0.717) is 0 Å². The first kappa shape index (κ1) is 59.4. The molecule has 1 N–H and O–H groups in total. The van der Waals surface area contributed by atoms with E-state index < -0.39 is 0 Å². The van der Waals surface area contributed by atoms with Crippen molar-refractivity contribution in [2.75, 3.05) is 0 Å². The van der Waals surface area contributed by atoms with Crippen LogP contribution in [0.15, 0.2) is 151 Å². The van der Waals surface area contributed by atoms with Gasteiger partial charge >= 0.3 is 0 Å². The Kier molecular flexibility index (Phi) is 17.7. The zero-order valence-corrected chi connectivity index (χ0v) is 51.3. The fourth-order valence-electron chi connectivity index (χ4n) is 8.51. The van der Waals surface area contributed by atoms with Crippen molar-refractivity contribution in [3.63, 3.8) is 0 Å². The Morgan fingerprint density at radius 1 is 0.519 bits per heavy atom. The minimum absolute atomic E-state index is 0.167. The van der Waals surface area contributed by atoms with Crippen LogP contribution < -0.4 is 0 Å². The molecule has 0 aliphatic carbocycles. The summed E-state index contributed by atoms with van der Waals surface area (Å²) in [5.41, 5.74) is 20.3. The zero-order chi connectivity index (χ0) is 57.7. The zero-order valence-electron chi connectivity index (χ0n) is 50.5. The molecule has 0 fully saturated rings. The molecule has 79 heavy (non-hydrogen) atoms. The third kappa shape index (κ3) is 15.7. The molecule has 11 nitrogen and oxygen atoms in total. The lowest BCUT2D eigenvalue weighted by atomic mass is 9.85. The molecule has 12 heteroatoms. The quantitative estimate of drug-likeness (QED) is 0.162. The molecular weight excluding hydrogens is 991 g/mol. The average molecular weight is 1080 g/mol. The molecule has 0 bridgehead atoms. The summed E-state index contributed by atoms with van der Waals surface area (Å²) in [6.45, 7) is 40.8. The van der Waals surface area contributed by atoms with Crippen LogP contribution in [0, 0.1) is 0 Å². The highest BCUT2D eigenvalue weighted by Crippen LogP contribution is 2.30. The molecule has 7 aromatic heterocycles. The summed E-state index contributed by atoms with van der Waals surface area (Å²) in [5, 5.41) is 12.3. The SMILES string of the molecule is CC(C)(C)c1ccc2c(c1)C=NC2.CC(C)(C)c1ccc2cn[nH]c2c1.CC(C)(C)c1ccc2nccn2c1.CC(C)(C)c1ccc2ncnn2c1.CC(C)(C)c1ccc2ncsc2c1.Cn1cnc2ccc(C(C)(C)C)cc21. The van der Waals surface area contributed by atoms with Crippen molar-refractivity contribution >= 4 is 61.0 Å². The van der Waals surface area contributed by atoms with Crippen LogP contribution >= 0.6 is 11.3 Å². The Balaban J connectivity index is 0.000000137. The van der Waals surface area contributed by atoms with Gasteiger partial charge in [0.1, 0.15) is 12.0 Å². The van der Waals surface area contributed by atoms with E-state index in [1.165, 1.54) is 60.1 Å². The third-order valence-corrected chi connectivity index (χ3v) is 14.8.